The quantitative estimate of drug-likeness (QED) is 0.702. The van der Waals surface area contributed by atoms with Gasteiger partial charge in [-0.15, -0.1) is 0 Å². The van der Waals surface area contributed by atoms with Crippen molar-refractivity contribution in [3.8, 4) is 11.3 Å². The maximum Gasteiger partial charge on any atom is 0.0701 e. The van der Waals surface area contributed by atoms with Crippen LogP contribution in [0.1, 0.15) is 24.1 Å². The summed E-state index contributed by atoms with van der Waals surface area (Å²) >= 11 is 0. The average molecular weight is 303 g/mol. The normalized spacial score (nSPS) is 12.3. The molecule has 116 valence electrons. The minimum absolute atomic E-state index is 0.333. The zero-order chi connectivity index (χ0) is 16.1. The van der Waals surface area contributed by atoms with Gasteiger partial charge in [-0.2, -0.15) is 0 Å². The first-order valence-corrected chi connectivity index (χ1v) is 7.84. The SMILES string of the molecule is C[C@@H](c1cccnc1)N(C)Cc1ccc(-c2ccccn2)cc1. The molecule has 0 saturated heterocycles. The van der Waals surface area contributed by atoms with Crippen molar-refractivity contribution in [2.75, 3.05) is 7.05 Å². The lowest BCUT2D eigenvalue weighted by Gasteiger charge is -2.25. The van der Waals surface area contributed by atoms with Gasteiger partial charge in [0.2, 0.25) is 0 Å². The second-order valence-electron chi connectivity index (χ2n) is 5.79. The Labute approximate surface area is 137 Å². The Balaban J connectivity index is 1.68. The molecule has 3 nitrogen and oxygen atoms in total. The molecule has 0 aliphatic heterocycles. The Morgan fingerprint density at radius 3 is 2.43 bits per heavy atom. The molecule has 0 aliphatic carbocycles. The predicted octanol–water partition coefficient (Wildman–Crippen LogP) is 4.34. The second kappa shape index (κ2) is 7.16. The van der Waals surface area contributed by atoms with E-state index in [0.717, 1.165) is 17.8 Å². The first kappa shape index (κ1) is 15.4. The van der Waals surface area contributed by atoms with Crippen molar-refractivity contribution in [3.05, 3.63) is 84.3 Å². The third-order valence-electron chi connectivity index (χ3n) is 4.17. The van der Waals surface area contributed by atoms with E-state index in [0.29, 0.717) is 6.04 Å². The van der Waals surface area contributed by atoms with Crippen LogP contribution in [0.15, 0.2) is 73.2 Å². The van der Waals surface area contributed by atoms with Crippen molar-refractivity contribution >= 4 is 0 Å². The van der Waals surface area contributed by atoms with Gasteiger partial charge in [-0.05, 0) is 43.3 Å². The molecule has 1 aromatic carbocycles. The molecule has 0 radical (unpaired) electrons. The summed E-state index contributed by atoms with van der Waals surface area (Å²) in [5.74, 6) is 0. The minimum atomic E-state index is 0.333. The Morgan fingerprint density at radius 1 is 0.957 bits per heavy atom. The summed E-state index contributed by atoms with van der Waals surface area (Å²) in [5, 5.41) is 0. The van der Waals surface area contributed by atoms with E-state index in [1.165, 1.54) is 11.1 Å². The van der Waals surface area contributed by atoms with Crippen LogP contribution in [0.2, 0.25) is 0 Å². The number of rotatable bonds is 5. The molecule has 2 aromatic heterocycles. The van der Waals surface area contributed by atoms with Crippen LogP contribution in [0.5, 0.6) is 0 Å². The van der Waals surface area contributed by atoms with Crippen molar-refractivity contribution in [3.63, 3.8) is 0 Å². The molecule has 0 unspecified atom stereocenters. The smallest absolute Gasteiger partial charge is 0.0701 e. The summed E-state index contributed by atoms with van der Waals surface area (Å²) in [7, 11) is 2.14. The highest BCUT2D eigenvalue weighted by Gasteiger charge is 2.12. The third kappa shape index (κ3) is 3.82. The van der Waals surface area contributed by atoms with E-state index >= 15 is 0 Å². The average Bonchev–Trinajstić information content (AvgIpc) is 2.63. The fourth-order valence-corrected chi connectivity index (χ4v) is 2.62. The molecule has 0 saturated carbocycles. The largest absolute Gasteiger partial charge is 0.295 e. The van der Waals surface area contributed by atoms with Crippen LogP contribution in [0.3, 0.4) is 0 Å². The van der Waals surface area contributed by atoms with Crippen LogP contribution in [-0.2, 0) is 6.54 Å². The molecule has 0 amide bonds. The van der Waals surface area contributed by atoms with Gasteiger partial charge in [0, 0.05) is 36.7 Å². The summed E-state index contributed by atoms with van der Waals surface area (Å²) in [6.07, 6.45) is 5.57. The van der Waals surface area contributed by atoms with E-state index < -0.39 is 0 Å². The molecule has 3 heteroatoms. The van der Waals surface area contributed by atoms with E-state index in [-0.39, 0.29) is 0 Å². The highest BCUT2D eigenvalue weighted by molar-refractivity contribution is 5.58. The molecular weight excluding hydrogens is 282 g/mol. The van der Waals surface area contributed by atoms with Gasteiger partial charge in [0.1, 0.15) is 0 Å². The van der Waals surface area contributed by atoms with Gasteiger partial charge < -0.3 is 0 Å². The lowest BCUT2D eigenvalue weighted by Crippen LogP contribution is -2.21. The first-order chi connectivity index (χ1) is 11.2. The maximum absolute atomic E-state index is 4.39. The fraction of sp³-hybridized carbons (Fsp3) is 0.200. The number of nitrogens with zero attached hydrogens (tertiary/aromatic N) is 3. The molecule has 3 aromatic rings. The van der Waals surface area contributed by atoms with Gasteiger partial charge in [-0.1, -0.05) is 36.4 Å². The van der Waals surface area contributed by atoms with Crippen LogP contribution in [0, 0.1) is 0 Å². The van der Waals surface area contributed by atoms with Crippen LogP contribution < -0.4 is 0 Å². The van der Waals surface area contributed by atoms with Crippen LogP contribution >= 0.6 is 0 Å². The van der Waals surface area contributed by atoms with Crippen molar-refractivity contribution in [2.45, 2.75) is 19.5 Å². The van der Waals surface area contributed by atoms with Crippen LogP contribution in [-0.4, -0.2) is 21.9 Å². The topological polar surface area (TPSA) is 29.0 Å². The Kier molecular flexibility index (Phi) is 4.79. The number of benzene rings is 1. The molecule has 0 bridgehead atoms. The molecule has 0 aliphatic rings. The first-order valence-electron chi connectivity index (χ1n) is 7.84. The summed E-state index contributed by atoms with van der Waals surface area (Å²) < 4.78 is 0. The molecule has 1 atom stereocenters. The third-order valence-corrected chi connectivity index (χ3v) is 4.17. The Bertz CT molecular complexity index is 724. The monoisotopic (exact) mass is 303 g/mol. The molecule has 2 heterocycles. The zero-order valence-electron chi connectivity index (χ0n) is 13.6. The fourth-order valence-electron chi connectivity index (χ4n) is 2.62. The van der Waals surface area contributed by atoms with Crippen molar-refractivity contribution in [1.29, 1.82) is 0 Å². The van der Waals surface area contributed by atoms with Gasteiger partial charge in [-0.3, -0.25) is 14.9 Å². The van der Waals surface area contributed by atoms with Crippen molar-refractivity contribution in [1.82, 2.24) is 14.9 Å². The van der Waals surface area contributed by atoms with E-state index in [9.17, 15) is 0 Å². The molecular formula is C20H21N3. The molecule has 23 heavy (non-hydrogen) atoms. The van der Waals surface area contributed by atoms with Crippen LogP contribution in [0.25, 0.3) is 11.3 Å². The second-order valence-corrected chi connectivity index (χ2v) is 5.79. The van der Waals surface area contributed by atoms with Crippen molar-refractivity contribution in [2.24, 2.45) is 0 Å². The zero-order valence-corrected chi connectivity index (χ0v) is 13.6. The molecule has 0 spiro atoms. The Morgan fingerprint density at radius 2 is 1.78 bits per heavy atom. The van der Waals surface area contributed by atoms with Gasteiger partial charge in [0.25, 0.3) is 0 Å². The van der Waals surface area contributed by atoms with E-state index in [2.05, 4.69) is 59.2 Å². The van der Waals surface area contributed by atoms with E-state index in [4.69, 9.17) is 0 Å². The molecule has 3 rings (SSSR count). The summed E-state index contributed by atoms with van der Waals surface area (Å²) in [5.41, 5.74) is 4.69. The van der Waals surface area contributed by atoms with Gasteiger partial charge in [0.05, 0.1) is 5.69 Å². The summed E-state index contributed by atoms with van der Waals surface area (Å²) in [6.45, 7) is 3.11. The van der Waals surface area contributed by atoms with Gasteiger partial charge >= 0.3 is 0 Å². The predicted molar refractivity (Wildman–Crippen MR) is 93.8 cm³/mol. The summed E-state index contributed by atoms with van der Waals surface area (Å²) in [6, 6.07) is 19.1. The number of aromatic nitrogens is 2. The van der Waals surface area contributed by atoms with Gasteiger partial charge in [0.15, 0.2) is 0 Å². The highest BCUT2D eigenvalue weighted by atomic mass is 15.1. The van der Waals surface area contributed by atoms with Crippen molar-refractivity contribution < 1.29 is 0 Å². The lowest BCUT2D eigenvalue weighted by atomic mass is 10.1. The minimum Gasteiger partial charge on any atom is -0.295 e. The van der Waals surface area contributed by atoms with E-state index in [1.807, 2.05) is 42.9 Å². The number of hydrogen-bond acceptors (Lipinski definition) is 3. The maximum atomic E-state index is 4.39. The highest BCUT2D eigenvalue weighted by Crippen LogP contribution is 2.21. The number of pyridine rings is 2. The molecule has 0 N–H and O–H groups in total. The van der Waals surface area contributed by atoms with E-state index in [1.54, 1.807) is 0 Å². The lowest BCUT2D eigenvalue weighted by molar-refractivity contribution is 0.252. The molecule has 0 fully saturated rings. The van der Waals surface area contributed by atoms with Gasteiger partial charge in [-0.25, -0.2) is 0 Å². The number of hydrogen-bond donors (Lipinski definition) is 0. The summed E-state index contributed by atoms with van der Waals surface area (Å²) in [4.78, 5) is 10.9. The Hall–Kier alpha value is -2.52. The standard InChI is InChI=1S/C20H21N3/c1-16(19-6-5-12-21-14-19)23(2)15-17-8-10-18(11-9-17)20-7-3-4-13-22-20/h3-14,16H,15H2,1-2H3/t16-/m0/s1. The van der Waals surface area contributed by atoms with Crippen LogP contribution in [0.4, 0.5) is 0 Å².